The first-order valence-corrected chi connectivity index (χ1v) is 4.15. The molecule has 0 atom stereocenters. The first-order valence-electron chi connectivity index (χ1n) is 3.74. The third kappa shape index (κ3) is 1.77. The number of hydrogen-bond donors (Lipinski definition) is 1. The van der Waals surface area contributed by atoms with Gasteiger partial charge in [-0.1, -0.05) is 12.2 Å². The van der Waals surface area contributed by atoms with Crippen molar-refractivity contribution >= 4 is 12.2 Å². The van der Waals surface area contributed by atoms with Crippen LogP contribution in [0.2, 0.25) is 0 Å². The van der Waals surface area contributed by atoms with Gasteiger partial charge in [-0.2, -0.15) is 13.2 Å². The zero-order chi connectivity index (χ0) is 10.2. The average Bonchev–Trinajstić information content (AvgIpc) is 2.28. The summed E-state index contributed by atoms with van der Waals surface area (Å²) in [6.45, 7) is 3.51. The molecule has 0 aromatic carbocycles. The van der Waals surface area contributed by atoms with Gasteiger partial charge in [-0.15, -0.1) is 0 Å². The van der Waals surface area contributed by atoms with E-state index in [0.717, 1.165) is 0 Å². The van der Waals surface area contributed by atoms with E-state index in [4.69, 9.17) is 12.2 Å². The lowest BCUT2D eigenvalue weighted by molar-refractivity contribution is -0.141. The van der Waals surface area contributed by atoms with Gasteiger partial charge in [0.1, 0.15) is 10.3 Å². The third-order valence-corrected chi connectivity index (χ3v) is 2.31. The number of alkyl halides is 3. The second kappa shape index (κ2) is 3.17. The van der Waals surface area contributed by atoms with E-state index >= 15 is 0 Å². The Kier molecular flexibility index (Phi) is 2.51. The number of nitrogens with zero attached hydrogens (tertiary/aromatic N) is 1. The SMILES string of the molecule is CCn1[nH]c(C(F)(F)F)c(C)c1=S. The standard InChI is InChI=1S/C7H9F3N2S/c1-3-12-6(13)4(2)5(11-12)7(8,9)10/h11H,3H2,1-2H3. The number of H-pyrrole nitrogens is 1. The predicted molar refractivity (Wildman–Crippen MR) is 45.0 cm³/mol. The van der Waals surface area contributed by atoms with Crippen molar-refractivity contribution in [2.45, 2.75) is 26.6 Å². The van der Waals surface area contributed by atoms with Crippen LogP contribution in [0.5, 0.6) is 0 Å². The summed E-state index contributed by atoms with van der Waals surface area (Å²) in [6.07, 6.45) is -4.35. The molecule has 0 aliphatic rings. The smallest absolute Gasteiger partial charge is 0.293 e. The van der Waals surface area contributed by atoms with E-state index in [0.29, 0.717) is 6.54 Å². The third-order valence-electron chi connectivity index (χ3n) is 1.79. The number of halogens is 3. The lowest BCUT2D eigenvalue weighted by Gasteiger charge is -2.03. The number of aryl methyl sites for hydroxylation is 1. The molecule has 0 saturated heterocycles. The molecule has 0 radical (unpaired) electrons. The fourth-order valence-corrected chi connectivity index (χ4v) is 1.35. The molecule has 0 unspecified atom stereocenters. The van der Waals surface area contributed by atoms with Crippen LogP contribution in [0.4, 0.5) is 13.2 Å². The van der Waals surface area contributed by atoms with E-state index in [2.05, 4.69) is 5.10 Å². The van der Waals surface area contributed by atoms with E-state index in [9.17, 15) is 13.2 Å². The maximum absolute atomic E-state index is 12.3. The molecule has 0 fully saturated rings. The summed E-state index contributed by atoms with van der Waals surface area (Å²) in [5.74, 6) is 0. The summed E-state index contributed by atoms with van der Waals surface area (Å²) < 4.78 is 38.4. The van der Waals surface area contributed by atoms with Crippen molar-refractivity contribution in [1.82, 2.24) is 9.78 Å². The minimum atomic E-state index is -4.35. The van der Waals surface area contributed by atoms with Gasteiger partial charge in [0.25, 0.3) is 0 Å². The summed E-state index contributed by atoms with van der Waals surface area (Å²) in [4.78, 5) is 0. The number of aromatic nitrogens is 2. The largest absolute Gasteiger partial charge is 0.433 e. The molecule has 0 aliphatic carbocycles. The summed E-state index contributed by atoms with van der Waals surface area (Å²) >= 11 is 4.81. The summed E-state index contributed by atoms with van der Waals surface area (Å²) in [5.41, 5.74) is -0.663. The quantitative estimate of drug-likeness (QED) is 0.707. The Morgan fingerprint density at radius 3 is 2.23 bits per heavy atom. The van der Waals surface area contributed by atoms with E-state index in [1.54, 1.807) is 6.92 Å². The second-order valence-corrected chi connectivity index (χ2v) is 3.05. The number of rotatable bonds is 1. The Balaban J connectivity index is 3.34. The molecule has 1 aromatic rings. The van der Waals surface area contributed by atoms with E-state index in [-0.39, 0.29) is 10.2 Å². The molecule has 1 heterocycles. The van der Waals surface area contributed by atoms with Crippen molar-refractivity contribution in [3.05, 3.63) is 15.9 Å². The highest BCUT2D eigenvalue weighted by Gasteiger charge is 2.35. The van der Waals surface area contributed by atoms with Crippen molar-refractivity contribution in [2.24, 2.45) is 0 Å². The van der Waals surface area contributed by atoms with Crippen LogP contribution in [-0.2, 0) is 12.7 Å². The van der Waals surface area contributed by atoms with Crippen molar-refractivity contribution in [2.75, 3.05) is 0 Å². The van der Waals surface area contributed by atoms with Gasteiger partial charge in [-0.05, 0) is 13.8 Å². The summed E-state index contributed by atoms with van der Waals surface area (Å²) in [5, 5.41) is 2.23. The van der Waals surface area contributed by atoms with Crippen LogP contribution in [0.15, 0.2) is 0 Å². The van der Waals surface area contributed by atoms with Crippen LogP contribution in [-0.4, -0.2) is 9.78 Å². The van der Waals surface area contributed by atoms with Crippen molar-refractivity contribution in [1.29, 1.82) is 0 Å². The first kappa shape index (κ1) is 10.3. The second-order valence-electron chi connectivity index (χ2n) is 2.66. The maximum atomic E-state index is 12.3. The Morgan fingerprint density at radius 2 is 2.00 bits per heavy atom. The molecule has 0 saturated carbocycles. The molecule has 2 nitrogen and oxygen atoms in total. The highest BCUT2D eigenvalue weighted by Crippen LogP contribution is 2.30. The molecule has 13 heavy (non-hydrogen) atoms. The van der Waals surface area contributed by atoms with Gasteiger partial charge in [0, 0.05) is 12.1 Å². The van der Waals surface area contributed by atoms with E-state index in [1.165, 1.54) is 11.6 Å². The highest BCUT2D eigenvalue weighted by atomic mass is 32.1. The average molecular weight is 210 g/mol. The van der Waals surface area contributed by atoms with Gasteiger partial charge < -0.3 is 0 Å². The number of aromatic amines is 1. The molecule has 74 valence electrons. The van der Waals surface area contributed by atoms with Gasteiger partial charge in [-0.25, -0.2) is 0 Å². The van der Waals surface area contributed by atoms with Crippen LogP contribution in [0, 0.1) is 11.6 Å². The van der Waals surface area contributed by atoms with E-state index < -0.39 is 11.9 Å². The van der Waals surface area contributed by atoms with E-state index in [1.807, 2.05) is 0 Å². The van der Waals surface area contributed by atoms with Crippen LogP contribution in [0.3, 0.4) is 0 Å². The molecule has 1 rings (SSSR count). The van der Waals surface area contributed by atoms with Gasteiger partial charge in [0.05, 0.1) is 0 Å². The molecular weight excluding hydrogens is 201 g/mol. The minimum absolute atomic E-state index is 0.0874. The number of hydrogen-bond acceptors (Lipinski definition) is 1. The zero-order valence-corrected chi connectivity index (χ0v) is 8.01. The molecule has 6 heteroatoms. The lowest BCUT2D eigenvalue weighted by Crippen LogP contribution is -2.08. The predicted octanol–water partition coefficient (Wildman–Crippen LogP) is 2.89. The zero-order valence-electron chi connectivity index (χ0n) is 7.20. The van der Waals surface area contributed by atoms with Gasteiger partial charge in [-0.3, -0.25) is 9.78 Å². The molecule has 1 N–H and O–H groups in total. The van der Waals surface area contributed by atoms with Crippen LogP contribution >= 0.6 is 12.2 Å². The molecule has 0 spiro atoms. The van der Waals surface area contributed by atoms with Gasteiger partial charge in [0.15, 0.2) is 0 Å². The Morgan fingerprint density at radius 1 is 1.46 bits per heavy atom. The fourth-order valence-electron chi connectivity index (χ4n) is 1.08. The fraction of sp³-hybridized carbons (Fsp3) is 0.571. The Labute approximate surface area is 78.4 Å². The monoisotopic (exact) mass is 210 g/mol. The molecule has 0 aliphatic heterocycles. The van der Waals surface area contributed by atoms with Crippen molar-refractivity contribution in [3.8, 4) is 0 Å². The topological polar surface area (TPSA) is 20.7 Å². The molecule has 0 bridgehead atoms. The molecule has 1 aromatic heterocycles. The van der Waals surface area contributed by atoms with Gasteiger partial charge >= 0.3 is 6.18 Å². The van der Waals surface area contributed by atoms with Crippen LogP contribution in [0.25, 0.3) is 0 Å². The first-order chi connectivity index (χ1) is 5.88. The summed E-state index contributed by atoms with van der Waals surface area (Å²) in [7, 11) is 0. The molecular formula is C7H9F3N2S. The highest BCUT2D eigenvalue weighted by molar-refractivity contribution is 7.71. The van der Waals surface area contributed by atoms with Gasteiger partial charge in [0.2, 0.25) is 0 Å². The lowest BCUT2D eigenvalue weighted by atomic mass is 10.3. The summed E-state index contributed by atoms with van der Waals surface area (Å²) in [6, 6.07) is 0. The Bertz CT molecular complexity index is 361. The minimum Gasteiger partial charge on any atom is -0.293 e. The van der Waals surface area contributed by atoms with Crippen LogP contribution in [0.1, 0.15) is 18.2 Å². The maximum Gasteiger partial charge on any atom is 0.433 e. The normalized spacial score (nSPS) is 12.1. The number of nitrogens with one attached hydrogen (secondary N) is 1. The van der Waals surface area contributed by atoms with Crippen molar-refractivity contribution < 1.29 is 13.2 Å². The molecule has 0 amide bonds. The van der Waals surface area contributed by atoms with Crippen molar-refractivity contribution in [3.63, 3.8) is 0 Å². The van der Waals surface area contributed by atoms with Crippen LogP contribution < -0.4 is 0 Å². The Hall–Kier alpha value is -0.780.